The smallest absolute Gasteiger partial charge is 0.251 e. The number of hydrogen-bond donors (Lipinski definition) is 1. The molecular formula is C21H20Cl3N3O. The largest absolute Gasteiger partial charge is 0.351 e. The molecule has 1 aromatic carbocycles. The number of rotatable bonds is 4. The minimum atomic E-state index is -0.701. The highest BCUT2D eigenvalue weighted by Gasteiger charge is 2.63. The monoisotopic (exact) mass is 435 g/mol. The molecule has 1 aliphatic carbocycles. The number of anilines is 2. The number of pyridine rings is 1. The molecular weight excluding hydrogens is 417 g/mol. The van der Waals surface area contributed by atoms with Gasteiger partial charge in [-0.2, -0.15) is 0 Å². The molecule has 146 valence electrons. The maximum absolute atomic E-state index is 12.6. The van der Waals surface area contributed by atoms with E-state index < -0.39 is 4.33 Å². The number of nitrogens with one attached hydrogen (secondary N) is 1. The van der Waals surface area contributed by atoms with E-state index in [2.05, 4.69) is 15.2 Å². The molecule has 1 aliphatic heterocycles. The van der Waals surface area contributed by atoms with Gasteiger partial charge in [0.15, 0.2) is 0 Å². The lowest BCUT2D eigenvalue weighted by molar-refractivity contribution is -0.113. The molecule has 1 atom stereocenters. The van der Waals surface area contributed by atoms with E-state index in [1.807, 2.05) is 43.3 Å². The molecule has 2 aliphatic rings. The van der Waals surface area contributed by atoms with E-state index in [-0.39, 0.29) is 11.3 Å². The minimum absolute atomic E-state index is 0.0822. The van der Waals surface area contributed by atoms with Crippen molar-refractivity contribution in [1.29, 1.82) is 0 Å². The molecule has 4 nitrogen and oxygen atoms in total. The fraction of sp³-hybridized carbons (Fsp3) is 0.333. The van der Waals surface area contributed by atoms with Gasteiger partial charge in [0.2, 0.25) is 0 Å². The number of nitrogens with zero attached hydrogens (tertiary/aromatic N) is 2. The Labute approximate surface area is 179 Å². The molecule has 0 saturated heterocycles. The van der Waals surface area contributed by atoms with Crippen molar-refractivity contribution in [3.8, 4) is 0 Å². The van der Waals surface area contributed by atoms with Crippen LogP contribution in [0.25, 0.3) is 0 Å². The lowest BCUT2D eigenvalue weighted by Gasteiger charge is -2.27. The predicted molar refractivity (Wildman–Crippen MR) is 116 cm³/mol. The summed E-state index contributed by atoms with van der Waals surface area (Å²) >= 11 is 18.7. The molecule has 1 unspecified atom stereocenters. The van der Waals surface area contributed by atoms with Crippen LogP contribution >= 0.6 is 34.8 Å². The Morgan fingerprint density at radius 1 is 1.21 bits per heavy atom. The van der Waals surface area contributed by atoms with Crippen LogP contribution in [-0.4, -0.2) is 28.3 Å². The van der Waals surface area contributed by atoms with Crippen LogP contribution in [0.15, 0.2) is 54.2 Å². The molecule has 1 aromatic heterocycles. The van der Waals surface area contributed by atoms with Gasteiger partial charge in [-0.1, -0.05) is 36.7 Å². The third kappa shape index (κ3) is 3.61. The fourth-order valence-corrected chi connectivity index (χ4v) is 4.52. The Balaban J connectivity index is 1.39. The number of alkyl halides is 2. The summed E-state index contributed by atoms with van der Waals surface area (Å²) in [6.45, 7) is 3.35. The minimum Gasteiger partial charge on any atom is -0.351 e. The second-order valence-electron chi connectivity index (χ2n) is 7.48. The molecule has 0 radical (unpaired) electrons. The Morgan fingerprint density at radius 2 is 1.93 bits per heavy atom. The Bertz CT molecular complexity index is 942. The lowest BCUT2D eigenvalue weighted by Crippen LogP contribution is -2.32. The van der Waals surface area contributed by atoms with Crippen LogP contribution in [0.4, 0.5) is 11.5 Å². The van der Waals surface area contributed by atoms with E-state index in [0.717, 1.165) is 29.1 Å². The van der Waals surface area contributed by atoms with Gasteiger partial charge in [0.05, 0.1) is 5.02 Å². The normalized spacial score (nSPS) is 23.1. The van der Waals surface area contributed by atoms with Crippen LogP contribution in [0.1, 0.15) is 25.3 Å². The van der Waals surface area contributed by atoms with Crippen molar-refractivity contribution in [3.05, 3.63) is 64.8 Å². The summed E-state index contributed by atoms with van der Waals surface area (Å²) < 4.78 is -0.701. The van der Waals surface area contributed by atoms with Crippen LogP contribution < -0.4 is 10.2 Å². The van der Waals surface area contributed by atoms with Crippen LogP contribution in [0.2, 0.25) is 5.02 Å². The first-order valence-electron chi connectivity index (χ1n) is 9.14. The second-order valence-corrected chi connectivity index (χ2v) is 9.37. The van der Waals surface area contributed by atoms with Crippen molar-refractivity contribution in [2.75, 3.05) is 23.3 Å². The predicted octanol–water partition coefficient (Wildman–Crippen LogP) is 5.35. The van der Waals surface area contributed by atoms with E-state index in [0.29, 0.717) is 24.5 Å². The summed E-state index contributed by atoms with van der Waals surface area (Å²) in [5.41, 5.74) is 2.38. The number of benzene rings is 1. The third-order valence-electron chi connectivity index (χ3n) is 5.58. The fourth-order valence-electron chi connectivity index (χ4n) is 3.52. The number of carbonyl (C=O) groups excluding carboxylic acids is 1. The van der Waals surface area contributed by atoms with Crippen LogP contribution in [0.5, 0.6) is 0 Å². The van der Waals surface area contributed by atoms with E-state index >= 15 is 0 Å². The topological polar surface area (TPSA) is 45.2 Å². The highest BCUT2D eigenvalue weighted by Crippen LogP contribution is 2.64. The molecule has 7 heteroatoms. The summed E-state index contributed by atoms with van der Waals surface area (Å²) in [5, 5.41) is 3.58. The summed E-state index contributed by atoms with van der Waals surface area (Å²) in [6.07, 6.45) is 5.02. The van der Waals surface area contributed by atoms with Gasteiger partial charge in [-0.25, -0.2) is 4.98 Å². The van der Waals surface area contributed by atoms with Crippen molar-refractivity contribution in [2.24, 2.45) is 0 Å². The lowest BCUT2D eigenvalue weighted by atomic mass is 9.98. The first-order valence-corrected chi connectivity index (χ1v) is 10.3. The van der Waals surface area contributed by atoms with Gasteiger partial charge in [-0.15, -0.1) is 23.2 Å². The van der Waals surface area contributed by atoms with Gasteiger partial charge in [0.1, 0.15) is 10.2 Å². The van der Waals surface area contributed by atoms with Crippen LogP contribution in [0, 0.1) is 0 Å². The van der Waals surface area contributed by atoms with Gasteiger partial charge in [0.25, 0.3) is 5.91 Å². The van der Waals surface area contributed by atoms with Gasteiger partial charge in [-0.3, -0.25) is 4.79 Å². The number of halogens is 3. The zero-order chi connectivity index (χ0) is 19.9. The summed E-state index contributed by atoms with van der Waals surface area (Å²) in [4.78, 5) is 19.0. The highest BCUT2D eigenvalue weighted by atomic mass is 35.5. The molecule has 28 heavy (non-hydrogen) atoms. The first-order chi connectivity index (χ1) is 13.3. The molecule has 1 saturated carbocycles. The molecule has 1 fully saturated rings. The van der Waals surface area contributed by atoms with Crippen molar-refractivity contribution in [1.82, 2.24) is 4.98 Å². The average Bonchev–Trinajstić information content (AvgIpc) is 3.21. The van der Waals surface area contributed by atoms with Crippen molar-refractivity contribution >= 4 is 52.2 Å². The zero-order valence-electron chi connectivity index (χ0n) is 15.4. The van der Waals surface area contributed by atoms with E-state index in [1.54, 1.807) is 12.3 Å². The average molecular weight is 437 g/mol. The Kier molecular flexibility index (Phi) is 5.07. The van der Waals surface area contributed by atoms with Gasteiger partial charge >= 0.3 is 0 Å². The SMILES string of the molecule is CC1(c2ccc(NC(=O)C3=CCN(c4ncccc4Cl)CC3)cc2)CC1(Cl)Cl. The second kappa shape index (κ2) is 7.25. The first kappa shape index (κ1) is 19.6. The zero-order valence-corrected chi connectivity index (χ0v) is 17.7. The number of aromatic nitrogens is 1. The standard InChI is InChI=1S/C21H20Cl3N3O/c1-20(13-21(20,23)24)15-4-6-16(7-5-15)26-19(28)14-8-11-27(12-9-14)18-17(22)3-2-10-25-18/h2-8,10H,9,11-13H2,1H3,(H,26,28). The van der Waals surface area contributed by atoms with Crippen LogP contribution in [0.3, 0.4) is 0 Å². The van der Waals surface area contributed by atoms with E-state index in [4.69, 9.17) is 34.8 Å². The summed E-state index contributed by atoms with van der Waals surface area (Å²) in [5.74, 6) is 0.667. The molecule has 1 N–H and O–H groups in total. The van der Waals surface area contributed by atoms with Gasteiger partial charge < -0.3 is 10.2 Å². The number of amides is 1. The van der Waals surface area contributed by atoms with Crippen molar-refractivity contribution in [3.63, 3.8) is 0 Å². The van der Waals surface area contributed by atoms with Crippen molar-refractivity contribution in [2.45, 2.75) is 29.5 Å². The maximum atomic E-state index is 12.6. The van der Waals surface area contributed by atoms with Crippen molar-refractivity contribution < 1.29 is 4.79 Å². The Hall–Kier alpha value is -1.75. The third-order valence-corrected chi connectivity index (χ3v) is 6.97. The molecule has 0 bridgehead atoms. The Morgan fingerprint density at radius 3 is 2.50 bits per heavy atom. The highest BCUT2D eigenvalue weighted by molar-refractivity contribution is 6.52. The number of hydrogen-bond acceptors (Lipinski definition) is 3. The maximum Gasteiger partial charge on any atom is 0.251 e. The molecule has 0 spiro atoms. The molecule has 4 rings (SSSR count). The summed E-state index contributed by atoms with van der Waals surface area (Å²) in [6, 6.07) is 11.4. The molecule has 2 aromatic rings. The van der Waals surface area contributed by atoms with Crippen LogP contribution in [-0.2, 0) is 10.2 Å². The molecule has 1 amide bonds. The summed E-state index contributed by atoms with van der Waals surface area (Å²) in [7, 11) is 0. The molecule has 2 heterocycles. The quantitative estimate of drug-likeness (QED) is 0.658. The number of carbonyl (C=O) groups is 1. The van der Waals surface area contributed by atoms with Gasteiger partial charge in [0, 0.05) is 36.0 Å². The van der Waals surface area contributed by atoms with Gasteiger partial charge in [-0.05, 0) is 42.7 Å². The van der Waals surface area contributed by atoms with E-state index in [1.165, 1.54) is 0 Å². The van der Waals surface area contributed by atoms with E-state index in [9.17, 15) is 4.79 Å².